The average Bonchev–Trinajstić information content (AvgIpc) is 2.68. The molecule has 2 amide bonds. The molecule has 0 aromatic heterocycles. The molecule has 5 heteroatoms. The third-order valence-electron chi connectivity index (χ3n) is 4.36. The molecule has 0 aliphatic heterocycles. The minimum atomic E-state index is -0.243. The van der Waals surface area contributed by atoms with Gasteiger partial charge in [0.2, 0.25) is 0 Å². The van der Waals surface area contributed by atoms with Gasteiger partial charge in [-0.15, -0.1) is 0 Å². The van der Waals surface area contributed by atoms with Crippen LogP contribution in [0.3, 0.4) is 0 Å². The fourth-order valence-corrected chi connectivity index (χ4v) is 2.70. The lowest BCUT2D eigenvalue weighted by Crippen LogP contribution is -2.30. The highest BCUT2D eigenvalue weighted by atomic mass is 16.5. The average molecular weight is 368 g/mol. The lowest BCUT2D eigenvalue weighted by Gasteiger charge is -2.18. The Bertz CT molecular complexity index is 765. The third-order valence-corrected chi connectivity index (χ3v) is 4.36. The zero-order chi connectivity index (χ0) is 19.8. The largest absolute Gasteiger partial charge is 0.484 e. The van der Waals surface area contributed by atoms with E-state index in [0.717, 1.165) is 0 Å². The van der Waals surface area contributed by atoms with Crippen LogP contribution in [-0.2, 0) is 4.79 Å². The van der Waals surface area contributed by atoms with Crippen molar-refractivity contribution in [1.82, 2.24) is 4.90 Å². The second-order valence-corrected chi connectivity index (χ2v) is 6.62. The second-order valence-electron chi connectivity index (χ2n) is 6.62. The normalized spacial score (nSPS) is 10.6. The monoisotopic (exact) mass is 368 g/mol. The summed E-state index contributed by atoms with van der Waals surface area (Å²) in [5.74, 6) is 0.829. The van der Waals surface area contributed by atoms with Gasteiger partial charge in [-0.05, 0) is 61.7 Å². The summed E-state index contributed by atoms with van der Waals surface area (Å²) in [7, 11) is 0. The van der Waals surface area contributed by atoms with E-state index in [1.807, 2.05) is 38.1 Å². The molecule has 0 spiro atoms. The smallest absolute Gasteiger partial charge is 0.262 e. The van der Waals surface area contributed by atoms with Crippen LogP contribution < -0.4 is 10.1 Å². The van der Waals surface area contributed by atoms with E-state index in [9.17, 15) is 9.59 Å². The predicted octanol–water partition coefficient (Wildman–Crippen LogP) is 4.31. The van der Waals surface area contributed by atoms with Crippen LogP contribution in [0.1, 0.15) is 49.5 Å². The fourth-order valence-electron chi connectivity index (χ4n) is 2.70. The van der Waals surface area contributed by atoms with Gasteiger partial charge in [-0.2, -0.15) is 0 Å². The fraction of sp³-hybridized carbons (Fsp3) is 0.364. The van der Waals surface area contributed by atoms with Crippen molar-refractivity contribution in [3.8, 4) is 5.75 Å². The Kier molecular flexibility index (Phi) is 7.41. The van der Waals surface area contributed by atoms with Gasteiger partial charge in [0, 0.05) is 24.3 Å². The first-order valence-corrected chi connectivity index (χ1v) is 9.36. The Labute approximate surface area is 161 Å². The molecule has 0 bridgehead atoms. The van der Waals surface area contributed by atoms with Crippen molar-refractivity contribution in [3.63, 3.8) is 0 Å². The first-order valence-electron chi connectivity index (χ1n) is 9.36. The number of carbonyl (C=O) groups is 2. The van der Waals surface area contributed by atoms with Gasteiger partial charge < -0.3 is 15.0 Å². The maximum absolute atomic E-state index is 12.3. The SMILES string of the molecule is CCN(CC)C(=O)c1ccc(NC(=O)COc2cccc(C(C)C)c2)cc1. The van der Waals surface area contributed by atoms with Crippen molar-refractivity contribution < 1.29 is 14.3 Å². The van der Waals surface area contributed by atoms with E-state index in [0.29, 0.717) is 36.0 Å². The quantitative estimate of drug-likeness (QED) is 0.755. The molecule has 0 saturated carbocycles. The molecule has 27 heavy (non-hydrogen) atoms. The van der Waals surface area contributed by atoms with Crippen molar-refractivity contribution in [1.29, 1.82) is 0 Å². The van der Waals surface area contributed by atoms with Gasteiger partial charge in [0.15, 0.2) is 6.61 Å². The number of benzene rings is 2. The number of hydrogen-bond donors (Lipinski definition) is 1. The zero-order valence-corrected chi connectivity index (χ0v) is 16.5. The highest BCUT2D eigenvalue weighted by Crippen LogP contribution is 2.20. The summed E-state index contributed by atoms with van der Waals surface area (Å²) in [6.07, 6.45) is 0. The number of rotatable bonds is 8. The molecule has 2 aromatic carbocycles. The zero-order valence-electron chi connectivity index (χ0n) is 16.5. The molecule has 1 N–H and O–H groups in total. The predicted molar refractivity (Wildman–Crippen MR) is 108 cm³/mol. The Morgan fingerprint density at radius 1 is 1.04 bits per heavy atom. The molecule has 0 aliphatic carbocycles. The molecule has 0 saturated heterocycles. The van der Waals surface area contributed by atoms with E-state index in [1.54, 1.807) is 29.2 Å². The van der Waals surface area contributed by atoms with Gasteiger partial charge in [0.25, 0.3) is 11.8 Å². The van der Waals surface area contributed by atoms with E-state index in [4.69, 9.17) is 4.74 Å². The molecule has 2 rings (SSSR count). The van der Waals surface area contributed by atoms with Crippen LogP contribution in [0.5, 0.6) is 5.75 Å². The van der Waals surface area contributed by atoms with Crippen molar-refractivity contribution >= 4 is 17.5 Å². The molecular weight excluding hydrogens is 340 g/mol. The van der Waals surface area contributed by atoms with Crippen LogP contribution in [0.2, 0.25) is 0 Å². The summed E-state index contributed by atoms with van der Waals surface area (Å²) >= 11 is 0. The summed E-state index contributed by atoms with van der Waals surface area (Å²) < 4.78 is 5.58. The van der Waals surface area contributed by atoms with Crippen LogP contribution >= 0.6 is 0 Å². The highest BCUT2D eigenvalue weighted by Gasteiger charge is 2.12. The Morgan fingerprint density at radius 2 is 1.70 bits per heavy atom. The topological polar surface area (TPSA) is 58.6 Å². The molecule has 144 valence electrons. The molecule has 2 aromatic rings. The van der Waals surface area contributed by atoms with E-state index < -0.39 is 0 Å². The minimum absolute atomic E-state index is 0.00811. The van der Waals surface area contributed by atoms with E-state index in [1.165, 1.54) is 5.56 Å². The van der Waals surface area contributed by atoms with Crippen molar-refractivity contribution in [3.05, 3.63) is 59.7 Å². The van der Waals surface area contributed by atoms with Gasteiger partial charge in [-0.1, -0.05) is 26.0 Å². The molecule has 0 heterocycles. The molecule has 0 unspecified atom stereocenters. The summed E-state index contributed by atoms with van der Waals surface area (Å²) in [6, 6.07) is 14.7. The summed E-state index contributed by atoms with van der Waals surface area (Å²) in [6.45, 7) is 9.40. The van der Waals surface area contributed by atoms with Crippen LogP contribution in [0.15, 0.2) is 48.5 Å². The highest BCUT2D eigenvalue weighted by molar-refractivity contribution is 5.96. The minimum Gasteiger partial charge on any atom is -0.484 e. The summed E-state index contributed by atoms with van der Waals surface area (Å²) in [4.78, 5) is 26.2. The van der Waals surface area contributed by atoms with Crippen LogP contribution in [0.25, 0.3) is 0 Å². The van der Waals surface area contributed by atoms with Gasteiger partial charge in [-0.3, -0.25) is 9.59 Å². The van der Waals surface area contributed by atoms with E-state index >= 15 is 0 Å². The first-order chi connectivity index (χ1) is 12.9. The molecule has 0 radical (unpaired) electrons. The molecule has 0 aliphatic rings. The molecule has 0 fully saturated rings. The van der Waals surface area contributed by atoms with Crippen molar-refractivity contribution in [2.24, 2.45) is 0 Å². The molecule has 5 nitrogen and oxygen atoms in total. The van der Waals surface area contributed by atoms with Crippen LogP contribution in [-0.4, -0.2) is 36.4 Å². The maximum Gasteiger partial charge on any atom is 0.262 e. The van der Waals surface area contributed by atoms with Gasteiger partial charge >= 0.3 is 0 Å². The number of ether oxygens (including phenoxy) is 1. The van der Waals surface area contributed by atoms with Gasteiger partial charge in [0.05, 0.1) is 0 Å². The number of hydrogen-bond acceptors (Lipinski definition) is 3. The number of amides is 2. The molecule has 0 atom stereocenters. The lowest BCUT2D eigenvalue weighted by molar-refractivity contribution is -0.118. The third kappa shape index (κ3) is 5.84. The van der Waals surface area contributed by atoms with Crippen molar-refractivity contribution in [2.45, 2.75) is 33.6 Å². The Balaban J connectivity index is 1.90. The summed E-state index contributed by atoms with van der Waals surface area (Å²) in [5.41, 5.74) is 2.41. The van der Waals surface area contributed by atoms with Crippen LogP contribution in [0.4, 0.5) is 5.69 Å². The number of nitrogens with one attached hydrogen (secondary N) is 1. The van der Waals surface area contributed by atoms with Gasteiger partial charge in [-0.25, -0.2) is 0 Å². The van der Waals surface area contributed by atoms with E-state index in [2.05, 4.69) is 19.2 Å². The first kappa shape index (κ1) is 20.5. The number of carbonyl (C=O) groups excluding carboxylic acids is 2. The number of anilines is 1. The van der Waals surface area contributed by atoms with Gasteiger partial charge in [0.1, 0.15) is 5.75 Å². The maximum atomic E-state index is 12.3. The lowest BCUT2D eigenvalue weighted by atomic mass is 10.0. The standard InChI is InChI=1S/C22H28N2O3/c1-5-24(6-2)22(26)17-10-12-19(13-11-17)23-21(25)15-27-20-9-7-8-18(14-20)16(3)4/h7-14,16H,5-6,15H2,1-4H3,(H,23,25). The van der Waals surface area contributed by atoms with Crippen molar-refractivity contribution in [2.75, 3.05) is 25.0 Å². The van der Waals surface area contributed by atoms with E-state index in [-0.39, 0.29) is 18.4 Å². The second kappa shape index (κ2) is 9.76. The summed E-state index contributed by atoms with van der Waals surface area (Å²) in [5, 5.41) is 2.78. The molecular formula is C22H28N2O3. The number of nitrogens with zero attached hydrogens (tertiary/aromatic N) is 1. The van der Waals surface area contributed by atoms with Crippen LogP contribution in [0, 0.1) is 0 Å². The Morgan fingerprint density at radius 3 is 2.30 bits per heavy atom. The Hall–Kier alpha value is -2.82.